The largest absolute Gasteiger partial charge is 0.444 e. The van der Waals surface area contributed by atoms with Gasteiger partial charge in [0.05, 0.1) is 12.4 Å². The van der Waals surface area contributed by atoms with E-state index in [0.717, 1.165) is 0 Å². The zero-order chi connectivity index (χ0) is 34.0. The zero-order valence-corrected chi connectivity index (χ0v) is 28.5. The third-order valence-corrected chi connectivity index (χ3v) is 7.69. The Morgan fingerprint density at radius 2 is 0.978 bits per heavy atom. The molecule has 4 heterocycles. The summed E-state index contributed by atoms with van der Waals surface area (Å²) in [4.78, 5) is 58.4. The maximum atomic E-state index is 13.6. The van der Waals surface area contributed by atoms with Crippen LogP contribution in [0.2, 0.25) is 0 Å². The van der Waals surface area contributed by atoms with Gasteiger partial charge in [-0.1, -0.05) is 24.3 Å². The molecule has 4 amide bonds. The van der Waals surface area contributed by atoms with E-state index in [1.54, 1.807) is 43.6 Å². The molecule has 0 spiro atoms. The second-order valence-electron chi connectivity index (χ2n) is 14.1. The molecular formula is C30H48N10O6. The van der Waals surface area contributed by atoms with Gasteiger partial charge in [-0.25, -0.2) is 19.0 Å². The molecule has 0 radical (unpaired) electrons. The van der Waals surface area contributed by atoms with Crippen molar-refractivity contribution in [2.75, 3.05) is 52.4 Å². The van der Waals surface area contributed by atoms with E-state index < -0.39 is 23.3 Å². The van der Waals surface area contributed by atoms with E-state index >= 15 is 0 Å². The first-order valence-corrected chi connectivity index (χ1v) is 15.8. The third kappa shape index (κ3) is 8.51. The number of nitrogens with zero attached hydrogens (tertiary/aromatic N) is 10. The molecule has 16 heteroatoms. The highest BCUT2D eigenvalue weighted by Crippen LogP contribution is 2.24. The number of hydrogen-bond acceptors (Lipinski definition) is 10. The van der Waals surface area contributed by atoms with Crippen molar-refractivity contribution < 1.29 is 28.7 Å². The molecule has 0 N–H and O–H groups in total. The lowest BCUT2D eigenvalue weighted by Crippen LogP contribution is -2.53. The minimum absolute atomic E-state index is 0.0879. The van der Waals surface area contributed by atoms with Gasteiger partial charge in [-0.2, -0.15) is 0 Å². The molecule has 2 atom stereocenters. The van der Waals surface area contributed by atoms with Crippen LogP contribution in [0.4, 0.5) is 9.59 Å². The molecule has 2 fully saturated rings. The lowest BCUT2D eigenvalue weighted by Gasteiger charge is -2.37. The fourth-order valence-corrected chi connectivity index (χ4v) is 5.25. The second kappa shape index (κ2) is 13.6. The molecule has 2 saturated heterocycles. The Bertz CT molecular complexity index is 1390. The number of amides is 4. The third-order valence-electron chi connectivity index (χ3n) is 7.69. The van der Waals surface area contributed by atoms with Crippen LogP contribution < -0.4 is 0 Å². The molecule has 46 heavy (non-hydrogen) atoms. The zero-order valence-electron chi connectivity index (χ0n) is 28.5. The van der Waals surface area contributed by atoms with Crippen molar-refractivity contribution in [1.82, 2.24) is 49.6 Å². The minimum Gasteiger partial charge on any atom is -0.444 e. The summed E-state index contributed by atoms with van der Waals surface area (Å²) >= 11 is 0. The summed E-state index contributed by atoms with van der Waals surface area (Å²) in [5.41, 5.74) is -0.330. The van der Waals surface area contributed by atoms with Crippen molar-refractivity contribution in [1.29, 1.82) is 0 Å². The normalized spacial score (nSPS) is 17.6. The predicted octanol–water partition coefficient (Wildman–Crippen LogP) is 2.45. The van der Waals surface area contributed by atoms with Crippen molar-refractivity contribution in [3.63, 3.8) is 0 Å². The summed E-state index contributed by atoms with van der Waals surface area (Å²) in [6.07, 6.45) is 2.53. The number of hydrogen-bond donors (Lipinski definition) is 0. The highest BCUT2D eigenvalue weighted by molar-refractivity contribution is 5.81. The van der Waals surface area contributed by atoms with Crippen molar-refractivity contribution in [2.45, 2.75) is 85.6 Å². The maximum absolute atomic E-state index is 13.6. The van der Waals surface area contributed by atoms with Gasteiger partial charge in [0.15, 0.2) is 0 Å². The van der Waals surface area contributed by atoms with E-state index in [2.05, 4.69) is 20.6 Å². The van der Waals surface area contributed by atoms with Gasteiger partial charge < -0.3 is 29.1 Å². The van der Waals surface area contributed by atoms with Crippen LogP contribution in [0.3, 0.4) is 0 Å². The smallest absolute Gasteiger partial charge is 0.410 e. The van der Waals surface area contributed by atoms with Gasteiger partial charge in [0, 0.05) is 52.4 Å². The molecule has 2 aromatic rings. The van der Waals surface area contributed by atoms with Gasteiger partial charge in [-0.15, -0.1) is 10.2 Å². The molecule has 2 aromatic heterocycles. The second-order valence-corrected chi connectivity index (χ2v) is 14.1. The number of aromatic nitrogens is 6. The van der Waals surface area contributed by atoms with Crippen molar-refractivity contribution in [3.05, 3.63) is 12.4 Å². The fraction of sp³-hybridized carbons (Fsp3) is 0.733. The SMILES string of the molecule is CC(C)C(C(=O)N1CCN(C(=O)OC(C)(C)C)CC1)n1cc(-c2cn([C@@H](C)C(=O)N3CCN(C(=O)OC(C)(C)C)CC3)nn2)nn1. The number of rotatable bonds is 6. The van der Waals surface area contributed by atoms with Gasteiger partial charge in [-0.05, 0) is 54.4 Å². The molecule has 0 bridgehead atoms. The van der Waals surface area contributed by atoms with Gasteiger partial charge in [0.1, 0.15) is 34.7 Å². The molecular weight excluding hydrogens is 596 g/mol. The van der Waals surface area contributed by atoms with E-state index in [9.17, 15) is 19.2 Å². The predicted molar refractivity (Wildman–Crippen MR) is 166 cm³/mol. The standard InChI is InChI=1S/C30H48N10O6/c1-20(2)24(26(42)36-12-16-38(17-13-36)28(44)46-30(7,8)9)40-19-23(32-34-40)22-18-39(33-31-22)21(3)25(41)35-10-14-37(15-11-35)27(43)45-29(4,5)6/h18-21,24H,10-17H2,1-9H3/t21-,24?/m0/s1. The Morgan fingerprint density at radius 3 is 1.39 bits per heavy atom. The summed E-state index contributed by atoms with van der Waals surface area (Å²) in [5.74, 6) is -0.332. The summed E-state index contributed by atoms with van der Waals surface area (Å²) in [7, 11) is 0. The van der Waals surface area contributed by atoms with E-state index in [1.165, 1.54) is 4.68 Å². The van der Waals surface area contributed by atoms with Crippen LogP contribution in [0.15, 0.2) is 12.4 Å². The Kier molecular flexibility index (Phi) is 10.3. The van der Waals surface area contributed by atoms with Crippen LogP contribution >= 0.6 is 0 Å². The summed E-state index contributed by atoms with van der Waals surface area (Å²) < 4.78 is 13.9. The summed E-state index contributed by atoms with van der Waals surface area (Å²) in [5, 5.41) is 16.9. The molecule has 0 saturated carbocycles. The first-order chi connectivity index (χ1) is 21.4. The topological polar surface area (TPSA) is 161 Å². The molecule has 0 aromatic carbocycles. The minimum atomic E-state index is -0.631. The Labute approximate surface area is 269 Å². The van der Waals surface area contributed by atoms with Crippen molar-refractivity contribution >= 4 is 24.0 Å². The van der Waals surface area contributed by atoms with Crippen molar-refractivity contribution in [2.24, 2.45) is 5.92 Å². The molecule has 0 aliphatic carbocycles. The van der Waals surface area contributed by atoms with Gasteiger partial charge in [0.2, 0.25) is 11.8 Å². The molecule has 254 valence electrons. The summed E-state index contributed by atoms with van der Waals surface area (Å²) in [6, 6.07) is -1.24. The maximum Gasteiger partial charge on any atom is 0.410 e. The van der Waals surface area contributed by atoms with Gasteiger partial charge in [0.25, 0.3) is 0 Å². The van der Waals surface area contributed by atoms with Gasteiger partial charge >= 0.3 is 12.2 Å². The highest BCUT2D eigenvalue weighted by Gasteiger charge is 2.35. The van der Waals surface area contributed by atoms with E-state index in [0.29, 0.717) is 63.7 Å². The quantitative estimate of drug-likeness (QED) is 0.457. The van der Waals surface area contributed by atoms with Crippen LogP contribution in [0.5, 0.6) is 0 Å². The van der Waals surface area contributed by atoms with Crippen LogP contribution in [-0.4, -0.2) is 137 Å². The monoisotopic (exact) mass is 644 g/mol. The average molecular weight is 645 g/mol. The number of ether oxygens (including phenoxy) is 2. The van der Waals surface area contributed by atoms with E-state index in [-0.39, 0.29) is 29.9 Å². The average Bonchev–Trinajstić information content (AvgIpc) is 3.65. The number of piperazine rings is 2. The first-order valence-electron chi connectivity index (χ1n) is 15.8. The van der Waals surface area contributed by atoms with Crippen LogP contribution in [-0.2, 0) is 19.1 Å². The van der Waals surface area contributed by atoms with Crippen molar-refractivity contribution in [3.8, 4) is 11.4 Å². The lowest BCUT2D eigenvalue weighted by molar-refractivity contribution is -0.138. The number of carbonyl (C=O) groups excluding carboxylic acids is 4. The van der Waals surface area contributed by atoms with E-state index in [1.807, 2.05) is 55.4 Å². The number of carbonyl (C=O) groups is 4. The fourth-order valence-electron chi connectivity index (χ4n) is 5.25. The molecule has 16 nitrogen and oxygen atoms in total. The Balaban J connectivity index is 1.36. The highest BCUT2D eigenvalue weighted by atomic mass is 16.6. The molecule has 4 rings (SSSR count). The van der Waals surface area contributed by atoms with Crippen LogP contribution in [0, 0.1) is 5.92 Å². The molecule has 1 unspecified atom stereocenters. The first kappa shape index (κ1) is 34.6. The van der Waals surface area contributed by atoms with Gasteiger partial charge in [-0.3, -0.25) is 9.59 Å². The summed E-state index contributed by atoms with van der Waals surface area (Å²) in [6.45, 7) is 19.6. The lowest BCUT2D eigenvalue weighted by atomic mass is 10.0. The Morgan fingerprint density at radius 1 is 0.609 bits per heavy atom. The van der Waals surface area contributed by atoms with E-state index in [4.69, 9.17) is 9.47 Å². The van der Waals surface area contributed by atoms with Crippen LogP contribution in [0.25, 0.3) is 11.4 Å². The Hall–Kier alpha value is -4.24. The molecule has 2 aliphatic rings. The molecule has 2 aliphatic heterocycles. The van der Waals surface area contributed by atoms with Crippen LogP contribution in [0.1, 0.15) is 74.4 Å².